The van der Waals surface area contributed by atoms with Gasteiger partial charge in [0.15, 0.2) is 0 Å². The Labute approximate surface area is 114 Å². The number of benzene rings is 1. The quantitative estimate of drug-likeness (QED) is 0.279. The smallest absolute Gasteiger partial charge is 0.214 e. The van der Waals surface area contributed by atoms with E-state index in [0.717, 1.165) is 5.69 Å². The average molecular weight is 278 g/mol. The first-order valence-corrected chi connectivity index (χ1v) is 6.65. The number of nitrogens with two attached hydrogens (primary N) is 1. The summed E-state index contributed by atoms with van der Waals surface area (Å²) in [6.07, 6.45) is 0. The molecule has 0 amide bonds. The third-order valence-corrected chi connectivity index (χ3v) is 3.70. The molecule has 3 N–H and O–H groups in total. The number of tetrazole rings is 1. The Morgan fingerprint density at radius 2 is 2.21 bits per heavy atom. The number of nitrogens with zero attached hydrogens (tertiary/aromatic N) is 5. The number of para-hydroxylation sites is 1. The third-order valence-electron chi connectivity index (χ3n) is 2.52. The Balaban J connectivity index is 2.09. The van der Waals surface area contributed by atoms with Crippen LogP contribution in [0, 0.1) is 5.92 Å². The zero-order valence-electron chi connectivity index (χ0n) is 10.3. The normalized spacial score (nSPS) is 13.4. The fraction of sp³-hybridized carbons (Fsp3) is 0.273. The van der Waals surface area contributed by atoms with Crippen LogP contribution in [0.2, 0.25) is 0 Å². The van der Waals surface area contributed by atoms with E-state index in [-0.39, 0.29) is 11.8 Å². The summed E-state index contributed by atoms with van der Waals surface area (Å²) in [5.74, 6) is 0.769. The Hall–Kier alpha value is -2.09. The largest absolute Gasteiger partial charge is 0.409 e. The first kappa shape index (κ1) is 13.3. The molecule has 1 heterocycles. The molecule has 2 rings (SSSR count). The lowest BCUT2D eigenvalue weighted by molar-refractivity contribution is 0.315. The number of aromatic nitrogens is 4. The van der Waals surface area contributed by atoms with E-state index < -0.39 is 0 Å². The predicted molar refractivity (Wildman–Crippen MR) is 72.5 cm³/mol. The van der Waals surface area contributed by atoms with Crippen molar-refractivity contribution in [3.63, 3.8) is 0 Å². The van der Waals surface area contributed by atoms with Crippen LogP contribution in [0.3, 0.4) is 0 Å². The number of hydrogen-bond donors (Lipinski definition) is 2. The van der Waals surface area contributed by atoms with Gasteiger partial charge in [-0.1, -0.05) is 42.0 Å². The highest BCUT2D eigenvalue weighted by molar-refractivity contribution is 7.99. The highest BCUT2D eigenvalue weighted by Crippen LogP contribution is 2.20. The minimum Gasteiger partial charge on any atom is -0.409 e. The number of amidine groups is 1. The zero-order chi connectivity index (χ0) is 13.7. The molecular weight excluding hydrogens is 264 g/mol. The number of oxime groups is 1. The molecule has 0 fully saturated rings. The van der Waals surface area contributed by atoms with Crippen molar-refractivity contribution in [2.75, 3.05) is 5.75 Å². The molecule has 1 aromatic carbocycles. The standard InChI is InChI=1S/C11H14N6OS/c1-8(10(12)14-18)7-19-11-13-15-16-17(11)9-5-3-2-4-6-9/h2-6,8,18H,7H2,1H3,(H2,12,14). The van der Waals surface area contributed by atoms with Gasteiger partial charge in [0, 0.05) is 11.7 Å². The van der Waals surface area contributed by atoms with Gasteiger partial charge in [0.1, 0.15) is 5.84 Å². The van der Waals surface area contributed by atoms with Gasteiger partial charge in [-0.2, -0.15) is 4.68 Å². The number of hydrogen-bond acceptors (Lipinski definition) is 6. The van der Waals surface area contributed by atoms with E-state index in [4.69, 9.17) is 10.9 Å². The third kappa shape index (κ3) is 3.22. The summed E-state index contributed by atoms with van der Waals surface area (Å²) >= 11 is 1.46. The molecule has 7 nitrogen and oxygen atoms in total. The lowest BCUT2D eigenvalue weighted by atomic mass is 10.2. The van der Waals surface area contributed by atoms with Crippen LogP contribution in [0.5, 0.6) is 0 Å². The van der Waals surface area contributed by atoms with Crippen LogP contribution in [0.1, 0.15) is 6.92 Å². The molecule has 0 spiro atoms. The first-order valence-electron chi connectivity index (χ1n) is 5.66. The van der Waals surface area contributed by atoms with Crippen molar-refractivity contribution in [2.45, 2.75) is 12.1 Å². The molecular formula is C11H14N6OS. The monoisotopic (exact) mass is 278 g/mol. The van der Waals surface area contributed by atoms with Gasteiger partial charge in [0.05, 0.1) is 5.69 Å². The van der Waals surface area contributed by atoms with E-state index in [9.17, 15) is 0 Å². The predicted octanol–water partition coefficient (Wildman–Crippen LogP) is 1.14. The maximum atomic E-state index is 8.60. The van der Waals surface area contributed by atoms with Crippen LogP contribution in [0.25, 0.3) is 5.69 Å². The van der Waals surface area contributed by atoms with Gasteiger partial charge in [-0.3, -0.25) is 0 Å². The number of rotatable bonds is 5. The molecule has 1 atom stereocenters. The van der Waals surface area contributed by atoms with Crippen molar-refractivity contribution in [3.8, 4) is 5.69 Å². The van der Waals surface area contributed by atoms with E-state index in [1.54, 1.807) is 4.68 Å². The topological polar surface area (TPSA) is 102 Å². The van der Waals surface area contributed by atoms with Gasteiger partial charge in [0.25, 0.3) is 0 Å². The van der Waals surface area contributed by atoms with E-state index in [0.29, 0.717) is 10.9 Å². The van der Waals surface area contributed by atoms with Crippen molar-refractivity contribution in [2.24, 2.45) is 16.8 Å². The van der Waals surface area contributed by atoms with Crippen molar-refractivity contribution in [1.29, 1.82) is 0 Å². The molecule has 19 heavy (non-hydrogen) atoms. The summed E-state index contributed by atoms with van der Waals surface area (Å²) in [7, 11) is 0. The lowest BCUT2D eigenvalue weighted by Gasteiger charge is -2.08. The maximum absolute atomic E-state index is 8.60. The van der Waals surface area contributed by atoms with Gasteiger partial charge < -0.3 is 10.9 Å². The van der Waals surface area contributed by atoms with E-state index in [2.05, 4.69) is 20.7 Å². The van der Waals surface area contributed by atoms with Crippen LogP contribution in [-0.2, 0) is 0 Å². The van der Waals surface area contributed by atoms with Crippen molar-refractivity contribution in [1.82, 2.24) is 20.2 Å². The van der Waals surface area contributed by atoms with Crippen molar-refractivity contribution in [3.05, 3.63) is 30.3 Å². The molecule has 0 bridgehead atoms. The van der Waals surface area contributed by atoms with E-state index in [1.165, 1.54) is 11.8 Å². The molecule has 0 radical (unpaired) electrons. The fourth-order valence-corrected chi connectivity index (χ4v) is 2.31. The minimum absolute atomic E-state index is 0.0593. The second-order valence-corrected chi connectivity index (χ2v) is 4.93. The molecule has 100 valence electrons. The van der Waals surface area contributed by atoms with Crippen LogP contribution < -0.4 is 5.73 Å². The Bertz CT molecular complexity index is 555. The molecule has 0 saturated heterocycles. The molecule has 0 aliphatic carbocycles. The van der Waals surface area contributed by atoms with Gasteiger partial charge in [0.2, 0.25) is 5.16 Å². The summed E-state index contributed by atoms with van der Waals surface area (Å²) in [6, 6.07) is 9.62. The van der Waals surface area contributed by atoms with Gasteiger partial charge >= 0.3 is 0 Å². The first-order chi connectivity index (χ1) is 9.22. The second kappa shape index (κ2) is 6.19. The van der Waals surface area contributed by atoms with E-state index >= 15 is 0 Å². The highest BCUT2D eigenvalue weighted by Gasteiger charge is 2.13. The van der Waals surface area contributed by atoms with Crippen LogP contribution in [0.4, 0.5) is 0 Å². The number of thioether (sulfide) groups is 1. The molecule has 8 heteroatoms. The Kier molecular flexibility index (Phi) is 4.35. The summed E-state index contributed by atoms with van der Waals surface area (Å²) in [4.78, 5) is 0. The summed E-state index contributed by atoms with van der Waals surface area (Å²) in [6.45, 7) is 1.87. The molecule has 0 aliphatic rings. The summed E-state index contributed by atoms with van der Waals surface area (Å²) in [5, 5.41) is 23.9. The average Bonchev–Trinajstić information content (AvgIpc) is 2.93. The van der Waals surface area contributed by atoms with Crippen LogP contribution >= 0.6 is 11.8 Å². The van der Waals surface area contributed by atoms with Gasteiger partial charge in [-0.15, -0.1) is 5.10 Å². The SMILES string of the molecule is CC(CSc1nnnn1-c1ccccc1)/C(N)=N/O. The fourth-order valence-electron chi connectivity index (χ4n) is 1.38. The molecule has 1 unspecified atom stereocenters. The summed E-state index contributed by atoms with van der Waals surface area (Å²) < 4.78 is 1.66. The highest BCUT2D eigenvalue weighted by atomic mass is 32.2. The second-order valence-electron chi connectivity index (χ2n) is 3.95. The zero-order valence-corrected chi connectivity index (χ0v) is 11.2. The Morgan fingerprint density at radius 1 is 1.47 bits per heavy atom. The molecule has 0 saturated carbocycles. The molecule has 1 aromatic heterocycles. The van der Waals surface area contributed by atoms with Crippen molar-refractivity contribution >= 4 is 17.6 Å². The minimum atomic E-state index is -0.0593. The summed E-state index contributed by atoms with van der Waals surface area (Å²) in [5.41, 5.74) is 6.43. The molecule has 2 aromatic rings. The molecule has 0 aliphatic heterocycles. The van der Waals surface area contributed by atoms with Crippen molar-refractivity contribution < 1.29 is 5.21 Å². The van der Waals surface area contributed by atoms with Crippen LogP contribution in [0.15, 0.2) is 40.6 Å². The maximum Gasteiger partial charge on any atom is 0.214 e. The Morgan fingerprint density at radius 3 is 2.89 bits per heavy atom. The van der Waals surface area contributed by atoms with Gasteiger partial charge in [-0.25, -0.2) is 0 Å². The van der Waals surface area contributed by atoms with Crippen LogP contribution in [-0.4, -0.2) is 37.0 Å². The van der Waals surface area contributed by atoms with E-state index in [1.807, 2.05) is 37.3 Å². The lowest BCUT2D eigenvalue weighted by Crippen LogP contribution is -2.23. The van der Waals surface area contributed by atoms with Gasteiger partial charge in [-0.05, 0) is 22.6 Å².